The number of rotatable bonds is 3. The van der Waals surface area contributed by atoms with Crippen LogP contribution in [-0.4, -0.2) is 16.3 Å². The smallest absolute Gasteiger partial charge is 0.0926 e. The van der Waals surface area contributed by atoms with Gasteiger partial charge in [-0.2, -0.15) is 5.10 Å². The SMILES string of the molecule is CC(C)c1ccc(-c2cc(C3CCCN3)n(C)n2)cc1. The molecule has 1 fully saturated rings. The minimum absolute atomic E-state index is 0.469. The molecule has 0 bridgehead atoms. The predicted octanol–water partition coefficient (Wildman–Crippen LogP) is 3.64. The van der Waals surface area contributed by atoms with Crippen LogP contribution in [0, 0.1) is 0 Å². The first-order valence-electron chi connectivity index (χ1n) is 7.53. The third-order valence-corrected chi connectivity index (χ3v) is 4.21. The zero-order chi connectivity index (χ0) is 14.1. The van der Waals surface area contributed by atoms with E-state index in [9.17, 15) is 0 Å². The molecule has 0 amide bonds. The van der Waals surface area contributed by atoms with Crippen molar-refractivity contribution in [1.29, 1.82) is 0 Å². The minimum Gasteiger partial charge on any atom is -0.309 e. The van der Waals surface area contributed by atoms with Gasteiger partial charge in [-0.05, 0) is 36.9 Å². The molecule has 20 heavy (non-hydrogen) atoms. The van der Waals surface area contributed by atoms with E-state index in [1.54, 1.807) is 0 Å². The molecule has 0 aliphatic carbocycles. The van der Waals surface area contributed by atoms with E-state index in [0.717, 1.165) is 12.2 Å². The molecule has 1 aromatic heterocycles. The zero-order valence-electron chi connectivity index (χ0n) is 12.6. The van der Waals surface area contributed by atoms with Crippen LogP contribution in [0.5, 0.6) is 0 Å². The molecular formula is C17H23N3. The van der Waals surface area contributed by atoms with Crippen molar-refractivity contribution < 1.29 is 0 Å². The molecule has 1 unspecified atom stereocenters. The Morgan fingerprint density at radius 3 is 2.60 bits per heavy atom. The first-order chi connectivity index (χ1) is 9.65. The Hall–Kier alpha value is -1.61. The van der Waals surface area contributed by atoms with Crippen LogP contribution in [0.15, 0.2) is 30.3 Å². The normalized spacial score (nSPS) is 18.9. The molecule has 1 aliphatic rings. The van der Waals surface area contributed by atoms with Gasteiger partial charge in [0.05, 0.1) is 11.4 Å². The van der Waals surface area contributed by atoms with E-state index >= 15 is 0 Å². The Labute approximate surface area is 121 Å². The van der Waals surface area contributed by atoms with E-state index in [1.165, 1.54) is 29.7 Å². The number of nitrogens with one attached hydrogen (secondary N) is 1. The summed E-state index contributed by atoms with van der Waals surface area (Å²) in [7, 11) is 2.04. The van der Waals surface area contributed by atoms with Gasteiger partial charge in [0.2, 0.25) is 0 Å². The molecule has 0 saturated carbocycles. The predicted molar refractivity (Wildman–Crippen MR) is 82.7 cm³/mol. The Morgan fingerprint density at radius 1 is 1.25 bits per heavy atom. The highest BCUT2D eigenvalue weighted by Gasteiger charge is 2.20. The zero-order valence-corrected chi connectivity index (χ0v) is 12.6. The molecule has 1 aliphatic heterocycles. The van der Waals surface area contributed by atoms with Crippen LogP contribution >= 0.6 is 0 Å². The number of aryl methyl sites for hydroxylation is 1. The molecular weight excluding hydrogens is 246 g/mol. The maximum absolute atomic E-state index is 4.68. The third kappa shape index (κ3) is 2.50. The van der Waals surface area contributed by atoms with Gasteiger partial charge < -0.3 is 5.32 Å². The van der Waals surface area contributed by atoms with Gasteiger partial charge >= 0.3 is 0 Å². The number of hydrogen-bond donors (Lipinski definition) is 1. The van der Waals surface area contributed by atoms with Crippen molar-refractivity contribution in [2.75, 3.05) is 6.54 Å². The lowest BCUT2D eigenvalue weighted by Gasteiger charge is -2.09. The second-order valence-electron chi connectivity index (χ2n) is 6.00. The molecule has 1 aromatic carbocycles. The van der Waals surface area contributed by atoms with Gasteiger partial charge in [0.25, 0.3) is 0 Å². The van der Waals surface area contributed by atoms with Gasteiger partial charge in [-0.15, -0.1) is 0 Å². The maximum atomic E-state index is 4.68. The molecule has 106 valence electrons. The summed E-state index contributed by atoms with van der Waals surface area (Å²) < 4.78 is 2.02. The highest BCUT2D eigenvalue weighted by molar-refractivity contribution is 5.60. The molecule has 1 N–H and O–H groups in total. The molecule has 3 rings (SSSR count). The van der Waals surface area contributed by atoms with Crippen LogP contribution in [0.2, 0.25) is 0 Å². The molecule has 3 heteroatoms. The van der Waals surface area contributed by atoms with Crippen molar-refractivity contribution in [2.45, 2.75) is 38.6 Å². The van der Waals surface area contributed by atoms with Gasteiger partial charge in [-0.3, -0.25) is 4.68 Å². The molecule has 1 saturated heterocycles. The fraction of sp³-hybridized carbons (Fsp3) is 0.471. The number of nitrogens with zero attached hydrogens (tertiary/aromatic N) is 2. The highest BCUT2D eigenvalue weighted by Crippen LogP contribution is 2.27. The first kappa shape index (κ1) is 13.4. The second-order valence-corrected chi connectivity index (χ2v) is 6.00. The average Bonchev–Trinajstić information content (AvgIpc) is 3.07. The van der Waals surface area contributed by atoms with Crippen LogP contribution < -0.4 is 5.32 Å². The van der Waals surface area contributed by atoms with Crippen LogP contribution in [0.1, 0.15) is 49.9 Å². The minimum atomic E-state index is 0.469. The summed E-state index contributed by atoms with van der Waals surface area (Å²) in [5.74, 6) is 0.575. The van der Waals surface area contributed by atoms with Crippen LogP contribution in [0.25, 0.3) is 11.3 Å². The lowest BCUT2D eigenvalue weighted by molar-refractivity contribution is 0.574. The Kier molecular flexibility index (Phi) is 3.62. The lowest BCUT2D eigenvalue weighted by atomic mass is 10.0. The summed E-state index contributed by atoms with van der Waals surface area (Å²) in [6.07, 6.45) is 2.47. The van der Waals surface area contributed by atoms with Crippen molar-refractivity contribution in [3.63, 3.8) is 0 Å². The average molecular weight is 269 g/mol. The summed E-state index contributed by atoms with van der Waals surface area (Å²) >= 11 is 0. The van der Waals surface area contributed by atoms with Crippen LogP contribution in [0.3, 0.4) is 0 Å². The van der Waals surface area contributed by atoms with Gasteiger partial charge in [0.1, 0.15) is 0 Å². The van der Waals surface area contributed by atoms with Crippen molar-refractivity contribution in [3.05, 3.63) is 41.6 Å². The number of hydrogen-bond acceptors (Lipinski definition) is 2. The fourth-order valence-electron chi connectivity index (χ4n) is 2.92. The summed E-state index contributed by atoms with van der Waals surface area (Å²) in [4.78, 5) is 0. The highest BCUT2D eigenvalue weighted by atomic mass is 15.3. The monoisotopic (exact) mass is 269 g/mol. The van der Waals surface area contributed by atoms with E-state index in [2.05, 4.69) is 54.6 Å². The standard InChI is InChI=1S/C17H23N3/c1-12(2)13-6-8-14(9-7-13)16-11-17(20(3)19-16)15-5-4-10-18-15/h6-9,11-12,15,18H,4-5,10H2,1-3H3. The van der Waals surface area contributed by atoms with Crippen LogP contribution in [-0.2, 0) is 7.05 Å². The van der Waals surface area contributed by atoms with Gasteiger partial charge in [-0.1, -0.05) is 38.1 Å². The molecule has 2 heterocycles. The van der Waals surface area contributed by atoms with E-state index in [4.69, 9.17) is 0 Å². The van der Waals surface area contributed by atoms with E-state index < -0.39 is 0 Å². The van der Waals surface area contributed by atoms with E-state index in [0.29, 0.717) is 12.0 Å². The second kappa shape index (κ2) is 5.41. The summed E-state index contributed by atoms with van der Waals surface area (Å²) in [6.45, 7) is 5.56. The summed E-state index contributed by atoms with van der Waals surface area (Å²) in [5, 5.41) is 8.22. The van der Waals surface area contributed by atoms with Crippen molar-refractivity contribution in [1.82, 2.24) is 15.1 Å². The largest absolute Gasteiger partial charge is 0.309 e. The Balaban J connectivity index is 1.88. The van der Waals surface area contributed by atoms with Crippen molar-refractivity contribution in [2.24, 2.45) is 7.05 Å². The Bertz CT molecular complexity index is 575. The van der Waals surface area contributed by atoms with Gasteiger partial charge in [-0.25, -0.2) is 0 Å². The van der Waals surface area contributed by atoms with Gasteiger partial charge in [0, 0.05) is 18.7 Å². The fourth-order valence-corrected chi connectivity index (χ4v) is 2.92. The first-order valence-corrected chi connectivity index (χ1v) is 7.53. The molecule has 0 spiro atoms. The topological polar surface area (TPSA) is 29.9 Å². The maximum Gasteiger partial charge on any atom is 0.0926 e. The van der Waals surface area contributed by atoms with Crippen LogP contribution in [0.4, 0.5) is 0 Å². The molecule has 0 radical (unpaired) electrons. The van der Waals surface area contributed by atoms with Gasteiger partial charge in [0.15, 0.2) is 0 Å². The van der Waals surface area contributed by atoms with E-state index in [1.807, 2.05) is 11.7 Å². The number of aromatic nitrogens is 2. The quantitative estimate of drug-likeness (QED) is 0.922. The Morgan fingerprint density at radius 2 is 2.00 bits per heavy atom. The summed E-state index contributed by atoms with van der Waals surface area (Å²) in [6, 6.07) is 11.5. The number of benzene rings is 1. The lowest BCUT2D eigenvalue weighted by Crippen LogP contribution is -2.16. The molecule has 1 atom stereocenters. The third-order valence-electron chi connectivity index (χ3n) is 4.21. The molecule has 2 aromatic rings. The van der Waals surface area contributed by atoms with Crippen molar-refractivity contribution >= 4 is 0 Å². The summed E-state index contributed by atoms with van der Waals surface area (Å²) in [5.41, 5.74) is 4.95. The van der Waals surface area contributed by atoms with E-state index in [-0.39, 0.29) is 0 Å². The van der Waals surface area contributed by atoms with Crippen molar-refractivity contribution in [3.8, 4) is 11.3 Å². The molecule has 3 nitrogen and oxygen atoms in total.